The van der Waals surface area contributed by atoms with Gasteiger partial charge in [-0.1, -0.05) is 48.9 Å². The van der Waals surface area contributed by atoms with Gasteiger partial charge in [0.05, 0.1) is 10.4 Å². The van der Waals surface area contributed by atoms with E-state index in [1.54, 1.807) is 42.5 Å². The van der Waals surface area contributed by atoms with E-state index in [1.165, 1.54) is 22.9 Å². The first-order chi connectivity index (χ1) is 15.8. The molecular weight excluding hydrogens is 436 g/mol. The average molecular weight is 461 g/mol. The van der Waals surface area contributed by atoms with Gasteiger partial charge in [0, 0.05) is 17.3 Å². The Labute approximate surface area is 192 Å². The molecule has 0 aliphatic heterocycles. The first kappa shape index (κ1) is 22.5. The Morgan fingerprint density at radius 2 is 1.67 bits per heavy atom. The SMILES string of the molecule is CCc1ccc2c(c1)c(=O)c(S(=O)(=O)c1ccccc1)cn2CC(=O)Nc1ccc(C)cc1. The fraction of sp³-hybridized carbons (Fsp3) is 0.154. The zero-order chi connectivity index (χ0) is 23.6. The third-order valence-corrected chi connectivity index (χ3v) is 7.28. The minimum Gasteiger partial charge on any atom is -0.336 e. The van der Waals surface area contributed by atoms with Gasteiger partial charge in [0.1, 0.15) is 11.4 Å². The molecule has 33 heavy (non-hydrogen) atoms. The van der Waals surface area contributed by atoms with Gasteiger partial charge in [0.15, 0.2) is 0 Å². The van der Waals surface area contributed by atoms with Gasteiger partial charge in [0.2, 0.25) is 21.2 Å². The fourth-order valence-electron chi connectivity index (χ4n) is 3.68. The van der Waals surface area contributed by atoms with E-state index in [4.69, 9.17) is 0 Å². The molecule has 0 unspecified atom stereocenters. The monoisotopic (exact) mass is 460 g/mol. The van der Waals surface area contributed by atoms with E-state index >= 15 is 0 Å². The molecule has 4 rings (SSSR count). The number of hydrogen-bond donors (Lipinski definition) is 1. The van der Waals surface area contributed by atoms with Crippen molar-refractivity contribution in [1.29, 1.82) is 0 Å². The maximum Gasteiger partial charge on any atom is 0.244 e. The number of fused-ring (bicyclic) bond motifs is 1. The highest BCUT2D eigenvalue weighted by Crippen LogP contribution is 2.22. The van der Waals surface area contributed by atoms with E-state index in [0.717, 1.165) is 11.1 Å². The zero-order valence-electron chi connectivity index (χ0n) is 18.4. The van der Waals surface area contributed by atoms with E-state index in [-0.39, 0.29) is 27.6 Å². The van der Waals surface area contributed by atoms with Crippen molar-refractivity contribution in [2.45, 2.75) is 36.6 Å². The maximum absolute atomic E-state index is 13.3. The Hall–Kier alpha value is -3.71. The van der Waals surface area contributed by atoms with Gasteiger partial charge in [-0.2, -0.15) is 0 Å². The van der Waals surface area contributed by atoms with Gasteiger partial charge in [-0.05, 0) is 55.3 Å². The number of pyridine rings is 1. The van der Waals surface area contributed by atoms with Crippen LogP contribution < -0.4 is 10.7 Å². The lowest BCUT2D eigenvalue weighted by molar-refractivity contribution is -0.116. The van der Waals surface area contributed by atoms with Crippen molar-refractivity contribution in [2.24, 2.45) is 0 Å². The molecule has 1 N–H and O–H groups in total. The molecule has 0 aliphatic carbocycles. The number of carbonyl (C=O) groups is 1. The van der Waals surface area contributed by atoms with Gasteiger partial charge in [-0.3, -0.25) is 9.59 Å². The summed E-state index contributed by atoms with van der Waals surface area (Å²) in [6.07, 6.45) is 1.96. The summed E-state index contributed by atoms with van der Waals surface area (Å²) in [6.45, 7) is 3.77. The quantitative estimate of drug-likeness (QED) is 0.464. The van der Waals surface area contributed by atoms with Gasteiger partial charge >= 0.3 is 0 Å². The lowest BCUT2D eigenvalue weighted by Crippen LogP contribution is -2.24. The van der Waals surface area contributed by atoms with Crippen molar-refractivity contribution in [3.8, 4) is 0 Å². The molecule has 0 atom stereocenters. The van der Waals surface area contributed by atoms with Crippen molar-refractivity contribution in [2.75, 3.05) is 5.32 Å². The number of sulfone groups is 1. The van der Waals surface area contributed by atoms with Crippen LogP contribution in [0.5, 0.6) is 0 Å². The molecule has 7 heteroatoms. The Morgan fingerprint density at radius 1 is 0.970 bits per heavy atom. The number of aromatic nitrogens is 1. The van der Waals surface area contributed by atoms with Gasteiger partial charge in [-0.25, -0.2) is 8.42 Å². The number of rotatable bonds is 6. The molecular formula is C26H24N2O4S. The van der Waals surface area contributed by atoms with Crippen molar-refractivity contribution in [3.05, 3.63) is 100 Å². The van der Waals surface area contributed by atoms with E-state index in [0.29, 0.717) is 17.6 Å². The molecule has 0 saturated heterocycles. The van der Waals surface area contributed by atoms with E-state index in [2.05, 4.69) is 5.32 Å². The van der Waals surface area contributed by atoms with Crippen molar-refractivity contribution in [3.63, 3.8) is 0 Å². The van der Waals surface area contributed by atoms with Crippen LogP contribution in [-0.2, 0) is 27.6 Å². The topological polar surface area (TPSA) is 85.2 Å². The standard InChI is InChI=1S/C26H24N2O4S/c1-3-19-11-14-23-22(15-19)26(30)24(33(31,32)21-7-5-4-6-8-21)16-28(23)17-25(29)27-20-12-9-18(2)10-13-20/h4-16H,3,17H2,1-2H3,(H,27,29). The number of amides is 1. The third-order valence-electron chi connectivity index (χ3n) is 5.51. The summed E-state index contributed by atoms with van der Waals surface area (Å²) in [5.74, 6) is -0.327. The van der Waals surface area contributed by atoms with Crippen LogP contribution in [0.25, 0.3) is 10.9 Å². The van der Waals surface area contributed by atoms with Crippen LogP contribution in [0.1, 0.15) is 18.1 Å². The van der Waals surface area contributed by atoms with Crippen LogP contribution >= 0.6 is 0 Å². The predicted molar refractivity (Wildman–Crippen MR) is 129 cm³/mol. The lowest BCUT2D eigenvalue weighted by Gasteiger charge is -2.15. The molecule has 3 aromatic carbocycles. The molecule has 0 spiro atoms. The summed E-state index contributed by atoms with van der Waals surface area (Å²) in [4.78, 5) is 25.8. The second kappa shape index (κ2) is 9.03. The van der Waals surface area contributed by atoms with Crippen LogP contribution in [-0.4, -0.2) is 18.9 Å². The molecule has 0 aliphatic rings. The van der Waals surface area contributed by atoms with Crippen LogP contribution in [0.2, 0.25) is 0 Å². The minimum atomic E-state index is -4.07. The first-order valence-electron chi connectivity index (χ1n) is 10.6. The van der Waals surface area contributed by atoms with Crippen molar-refractivity contribution in [1.82, 2.24) is 4.57 Å². The van der Waals surface area contributed by atoms with Crippen LogP contribution in [0.4, 0.5) is 5.69 Å². The molecule has 6 nitrogen and oxygen atoms in total. The highest BCUT2D eigenvalue weighted by atomic mass is 32.2. The van der Waals surface area contributed by atoms with Gasteiger partial charge < -0.3 is 9.88 Å². The molecule has 0 bridgehead atoms. The number of carbonyl (C=O) groups excluding carboxylic acids is 1. The number of aryl methyl sites for hydroxylation is 2. The molecule has 1 amide bonds. The predicted octanol–water partition coefficient (Wildman–Crippen LogP) is 4.34. The van der Waals surface area contributed by atoms with Gasteiger partial charge in [-0.15, -0.1) is 0 Å². The molecule has 1 heterocycles. The fourth-order valence-corrected chi connectivity index (χ4v) is 5.07. The lowest BCUT2D eigenvalue weighted by atomic mass is 10.1. The molecule has 0 radical (unpaired) electrons. The number of nitrogens with one attached hydrogen (secondary N) is 1. The Balaban J connectivity index is 1.83. The van der Waals surface area contributed by atoms with E-state index < -0.39 is 15.3 Å². The van der Waals surface area contributed by atoms with Crippen molar-refractivity contribution >= 4 is 32.3 Å². The molecule has 4 aromatic rings. The van der Waals surface area contributed by atoms with Crippen molar-refractivity contribution < 1.29 is 13.2 Å². The Bertz CT molecular complexity index is 1490. The summed E-state index contributed by atoms with van der Waals surface area (Å²) < 4.78 is 28.1. The molecule has 0 fully saturated rings. The number of anilines is 1. The van der Waals surface area contributed by atoms with E-state index in [9.17, 15) is 18.0 Å². The Morgan fingerprint density at radius 3 is 2.33 bits per heavy atom. The van der Waals surface area contributed by atoms with Gasteiger partial charge in [0.25, 0.3) is 0 Å². The third kappa shape index (κ3) is 4.59. The molecule has 1 aromatic heterocycles. The highest BCUT2D eigenvalue weighted by molar-refractivity contribution is 7.91. The molecule has 168 valence electrons. The van der Waals surface area contributed by atoms with E-state index in [1.807, 2.05) is 32.0 Å². The summed E-state index contributed by atoms with van der Waals surface area (Å²) >= 11 is 0. The number of benzene rings is 3. The zero-order valence-corrected chi connectivity index (χ0v) is 19.2. The summed E-state index contributed by atoms with van der Waals surface area (Å²) in [6, 6.07) is 20.6. The maximum atomic E-state index is 13.3. The second-order valence-corrected chi connectivity index (χ2v) is 9.80. The summed E-state index contributed by atoms with van der Waals surface area (Å²) in [5.41, 5.74) is 2.55. The summed E-state index contributed by atoms with van der Waals surface area (Å²) in [5, 5.41) is 3.09. The normalized spacial score (nSPS) is 11.5. The minimum absolute atomic E-state index is 0.0313. The second-order valence-electron chi connectivity index (χ2n) is 7.89. The van der Waals surface area contributed by atoms with Crippen LogP contribution in [0, 0.1) is 6.92 Å². The van der Waals surface area contributed by atoms with Crippen LogP contribution in [0.3, 0.4) is 0 Å². The smallest absolute Gasteiger partial charge is 0.244 e. The molecule has 0 saturated carbocycles. The first-order valence-corrected chi connectivity index (χ1v) is 12.1. The summed E-state index contributed by atoms with van der Waals surface area (Å²) in [7, 11) is -4.07. The average Bonchev–Trinajstić information content (AvgIpc) is 2.82. The largest absolute Gasteiger partial charge is 0.336 e. The highest BCUT2D eigenvalue weighted by Gasteiger charge is 2.24. The van der Waals surface area contributed by atoms with Crippen LogP contribution in [0.15, 0.2) is 93.6 Å². The number of hydrogen-bond acceptors (Lipinski definition) is 4. The Kier molecular flexibility index (Phi) is 6.16. The number of nitrogens with zero attached hydrogens (tertiary/aromatic N) is 1.